The van der Waals surface area contributed by atoms with Crippen LogP contribution in [0.25, 0.3) is 0 Å². The van der Waals surface area contributed by atoms with Gasteiger partial charge in [0.15, 0.2) is 0 Å². The smallest absolute Gasteiger partial charge is 0.296 e. The number of hydrogen-bond donors (Lipinski definition) is 1. The monoisotopic (exact) mass is 209 g/mol. The second kappa shape index (κ2) is 3.10. The molecule has 1 N–H and O–H groups in total. The van der Waals surface area contributed by atoms with Gasteiger partial charge in [0.1, 0.15) is 0 Å². The Morgan fingerprint density at radius 1 is 1.36 bits per heavy atom. The zero-order valence-electron chi connectivity index (χ0n) is 7.56. The summed E-state index contributed by atoms with van der Waals surface area (Å²) in [6.07, 6.45) is 0.744. The van der Waals surface area contributed by atoms with Crippen LogP contribution < -0.4 is 5.32 Å². The molecule has 0 saturated heterocycles. The van der Waals surface area contributed by atoms with Crippen LogP contribution in [-0.2, 0) is 11.2 Å². The number of halogens is 1. The molecule has 1 aliphatic heterocycles. The molecule has 1 heterocycles. The number of rotatable bonds is 1. The fourth-order valence-corrected chi connectivity index (χ4v) is 1.78. The lowest BCUT2D eigenvalue weighted by atomic mass is 10.1. The Morgan fingerprint density at radius 3 is 2.71 bits per heavy atom. The molecule has 72 valence electrons. The Hall–Kier alpha value is -1.35. The second-order valence-corrected chi connectivity index (χ2v) is 3.53. The molecular formula is C10H8ClNO2. The van der Waals surface area contributed by atoms with E-state index in [9.17, 15) is 9.59 Å². The van der Waals surface area contributed by atoms with E-state index in [0.29, 0.717) is 16.3 Å². The number of fused-ring (bicyclic) bond motifs is 1. The first-order valence-corrected chi connectivity index (χ1v) is 4.69. The van der Waals surface area contributed by atoms with E-state index in [1.54, 1.807) is 12.1 Å². The molecule has 0 saturated carbocycles. The van der Waals surface area contributed by atoms with Gasteiger partial charge >= 0.3 is 0 Å². The number of anilines is 1. The van der Waals surface area contributed by atoms with Crippen molar-refractivity contribution in [2.24, 2.45) is 0 Å². The number of carbonyl (C=O) groups excluding carboxylic acids is 2. The molecule has 2 rings (SSSR count). The van der Waals surface area contributed by atoms with E-state index in [1.807, 2.05) is 6.92 Å². The van der Waals surface area contributed by atoms with Crippen molar-refractivity contribution >= 4 is 29.0 Å². The molecule has 0 bridgehead atoms. The molecule has 0 unspecified atom stereocenters. The van der Waals surface area contributed by atoms with Gasteiger partial charge < -0.3 is 5.32 Å². The van der Waals surface area contributed by atoms with Crippen molar-refractivity contribution < 1.29 is 9.59 Å². The van der Waals surface area contributed by atoms with Gasteiger partial charge in [0.05, 0.1) is 11.3 Å². The third-order valence-corrected chi connectivity index (χ3v) is 2.62. The summed E-state index contributed by atoms with van der Waals surface area (Å²) >= 11 is 5.94. The summed E-state index contributed by atoms with van der Waals surface area (Å²) in [5, 5.41) is 3.05. The van der Waals surface area contributed by atoms with Gasteiger partial charge in [0.25, 0.3) is 11.7 Å². The molecule has 0 fully saturated rings. The fraction of sp³-hybridized carbons (Fsp3) is 0.200. The Bertz CT molecular complexity index is 440. The molecule has 14 heavy (non-hydrogen) atoms. The summed E-state index contributed by atoms with van der Waals surface area (Å²) in [5.74, 6) is -1.06. The van der Waals surface area contributed by atoms with E-state index in [4.69, 9.17) is 11.6 Å². The Balaban J connectivity index is 2.60. The minimum Gasteiger partial charge on any atom is -0.318 e. The number of hydrogen-bond acceptors (Lipinski definition) is 2. The third-order valence-electron chi connectivity index (χ3n) is 2.27. The molecule has 0 aliphatic carbocycles. The van der Waals surface area contributed by atoms with Gasteiger partial charge in [-0.3, -0.25) is 9.59 Å². The normalized spacial score (nSPS) is 14.1. The summed E-state index contributed by atoms with van der Waals surface area (Å²) in [6.45, 7) is 1.95. The molecule has 0 aromatic heterocycles. The van der Waals surface area contributed by atoms with Crippen LogP contribution in [0, 0.1) is 0 Å². The van der Waals surface area contributed by atoms with Crippen LogP contribution in [0.1, 0.15) is 22.8 Å². The lowest BCUT2D eigenvalue weighted by molar-refractivity contribution is -0.112. The van der Waals surface area contributed by atoms with Crippen molar-refractivity contribution in [1.82, 2.24) is 0 Å². The highest BCUT2D eigenvalue weighted by Gasteiger charge is 2.28. The topological polar surface area (TPSA) is 46.2 Å². The van der Waals surface area contributed by atoms with E-state index in [1.165, 1.54) is 0 Å². The van der Waals surface area contributed by atoms with Gasteiger partial charge in [0, 0.05) is 5.02 Å². The molecule has 1 aliphatic rings. The van der Waals surface area contributed by atoms with Crippen LogP contribution in [0.4, 0.5) is 5.69 Å². The zero-order chi connectivity index (χ0) is 10.3. The average Bonchev–Trinajstić information content (AvgIpc) is 2.41. The Labute approximate surface area is 86.1 Å². The first kappa shape index (κ1) is 9.21. The predicted molar refractivity (Wildman–Crippen MR) is 53.8 cm³/mol. The van der Waals surface area contributed by atoms with Crippen LogP contribution in [-0.4, -0.2) is 11.7 Å². The number of amides is 1. The van der Waals surface area contributed by atoms with Crippen molar-refractivity contribution in [3.05, 3.63) is 28.3 Å². The number of Topliss-reactive ketones (excluding diaryl/α,β-unsaturated/α-hetero) is 1. The molecule has 4 heteroatoms. The number of benzene rings is 1. The number of nitrogens with one attached hydrogen (secondary N) is 1. The van der Waals surface area contributed by atoms with Gasteiger partial charge in [0.2, 0.25) is 0 Å². The molecule has 0 spiro atoms. The maximum absolute atomic E-state index is 11.3. The quantitative estimate of drug-likeness (QED) is 0.720. The van der Waals surface area contributed by atoms with Crippen LogP contribution in [0.15, 0.2) is 12.1 Å². The minimum absolute atomic E-state index is 0.427. The molecule has 1 amide bonds. The standard InChI is InChI=1S/C10H8ClNO2/c1-2-5-3-6-8(4-7(5)11)12-10(14)9(6)13/h3-4H,2H2,1H3,(H,12,13,14). The largest absolute Gasteiger partial charge is 0.318 e. The van der Waals surface area contributed by atoms with Crippen LogP contribution >= 0.6 is 11.6 Å². The van der Waals surface area contributed by atoms with Crippen molar-refractivity contribution in [2.75, 3.05) is 5.32 Å². The lowest BCUT2D eigenvalue weighted by Crippen LogP contribution is -2.12. The average molecular weight is 210 g/mol. The summed E-state index contributed by atoms with van der Waals surface area (Å²) in [6, 6.07) is 3.30. The van der Waals surface area contributed by atoms with Crippen molar-refractivity contribution in [3.63, 3.8) is 0 Å². The highest BCUT2D eigenvalue weighted by Crippen LogP contribution is 2.29. The van der Waals surface area contributed by atoms with Crippen molar-refractivity contribution in [3.8, 4) is 0 Å². The first-order chi connectivity index (χ1) is 6.63. The zero-order valence-corrected chi connectivity index (χ0v) is 8.31. The van der Waals surface area contributed by atoms with Crippen LogP contribution in [0.5, 0.6) is 0 Å². The van der Waals surface area contributed by atoms with Gasteiger partial charge in [-0.25, -0.2) is 0 Å². The number of ketones is 1. The molecule has 1 aromatic rings. The molecule has 3 nitrogen and oxygen atoms in total. The molecule has 0 atom stereocenters. The van der Waals surface area contributed by atoms with Gasteiger partial charge in [-0.15, -0.1) is 0 Å². The summed E-state index contributed by atoms with van der Waals surface area (Å²) in [7, 11) is 0. The van der Waals surface area contributed by atoms with Crippen molar-refractivity contribution in [1.29, 1.82) is 0 Å². The van der Waals surface area contributed by atoms with Crippen molar-refractivity contribution in [2.45, 2.75) is 13.3 Å². The maximum Gasteiger partial charge on any atom is 0.296 e. The summed E-state index contributed by atoms with van der Waals surface area (Å²) < 4.78 is 0. The summed E-state index contributed by atoms with van der Waals surface area (Å²) in [5.41, 5.74) is 1.83. The minimum atomic E-state index is -0.579. The van der Waals surface area contributed by atoms with Gasteiger partial charge in [-0.1, -0.05) is 18.5 Å². The number of carbonyl (C=O) groups is 2. The van der Waals surface area contributed by atoms with Crippen LogP contribution in [0.2, 0.25) is 5.02 Å². The highest BCUT2D eigenvalue weighted by molar-refractivity contribution is 6.52. The Morgan fingerprint density at radius 2 is 2.07 bits per heavy atom. The van der Waals surface area contributed by atoms with E-state index in [0.717, 1.165) is 12.0 Å². The first-order valence-electron chi connectivity index (χ1n) is 4.31. The highest BCUT2D eigenvalue weighted by atomic mass is 35.5. The SMILES string of the molecule is CCc1cc2c(cc1Cl)NC(=O)C2=O. The number of aryl methyl sites for hydroxylation is 1. The van der Waals surface area contributed by atoms with E-state index in [-0.39, 0.29) is 0 Å². The van der Waals surface area contributed by atoms with Gasteiger partial charge in [-0.05, 0) is 24.1 Å². The van der Waals surface area contributed by atoms with E-state index in [2.05, 4.69) is 5.32 Å². The fourth-order valence-electron chi connectivity index (χ4n) is 1.48. The third kappa shape index (κ3) is 1.21. The molecule has 1 aromatic carbocycles. The van der Waals surface area contributed by atoms with E-state index >= 15 is 0 Å². The molecule has 0 radical (unpaired) electrons. The van der Waals surface area contributed by atoms with Gasteiger partial charge in [-0.2, -0.15) is 0 Å². The summed E-state index contributed by atoms with van der Waals surface area (Å²) in [4.78, 5) is 22.4. The Kier molecular flexibility index (Phi) is 2.04. The lowest BCUT2D eigenvalue weighted by Gasteiger charge is -2.03. The van der Waals surface area contributed by atoms with Crippen LogP contribution in [0.3, 0.4) is 0 Å². The maximum atomic E-state index is 11.3. The molecular weight excluding hydrogens is 202 g/mol. The predicted octanol–water partition coefficient (Wildman–Crippen LogP) is 2.04. The second-order valence-electron chi connectivity index (χ2n) is 3.13. The van der Waals surface area contributed by atoms with E-state index < -0.39 is 11.7 Å².